The predicted molar refractivity (Wildman–Crippen MR) is 104 cm³/mol. The highest BCUT2D eigenvalue weighted by atomic mass is 32.2. The lowest BCUT2D eigenvalue weighted by Crippen LogP contribution is -2.38. The Kier molecular flexibility index (Phi) is 6.58. The minimum Gasteiger partial charge on any atom is -0.390 e. The number of aliphatic hydroxyl groups is 1. The summed E-state index contributed by atoms with van der Waals surface area (Å²) in [4.78, 5) is 16.8. The first-order chi connectivity index (χ1) is 12.5. The lowest BCUT2D eigenvalue weighted by molar-refractivity contribution is -0.129. The lowest BCUT2D eigenvalue weighted by atomic mass is 9.94. The smallest absolute Gasteiger partial charge is 0.357 e. The van der Waals surface area contributed by atoms with Crippen LogP contribution in [0.3, 0.4) is 0 Å². The summed E-state index contributed by atoms with van der Waals surface area (Å²) in [5.74, 6) is -0.127. The quantitative estimate of drug-likeness (QED) is 0.516. The lowest BCUT2D eigenvalue weighted by Gasteiger charge is -2.23. The number of benzene rings is 1. The number of nitrogens with zero attached hydrogens (tertiary/aromatic N) is 1. The van der Waals surface area contributed by atoms with E-state index in [0.29, 0.717) is 17.1 Å². The van der Waals surface area contributed by atoms with Crippen molar-refractivity contribution in [3.05, 3.63) is 45.9 Å². The maximum Gasteiger partial charge on any atom is 0.357 e. The zero-order chi connectivity index (χ0) is 20.2. The number of carbonyl (C=O) groups excluding carboxylic acids is 1. The van der Waals surface area contributed by atoms with E-state index in [0.717, 1.165) is 5.56 Å². The van der Waals surface area contributed by atoms with Gasteiger partial charge in [0, 0.05) is 10.8 Å². The monoisotopic (exact) mass is 413 g/mol. The average Bonchev–Trinajstić information content (AvgIpc) is 3.02. The van der Waals surface area contributed by atoms with Gasteiger partial charge in [0.1, 0.15) is 5.01 Å². The summed E-state index contributed by atoms with van der Waals surface area (Å²) in [7, 11) is -4.33. The van der Waals surface area contributed by atoms with Gasteiger partial charge in [0.2, 0.25) is 5.91 Å². The molecule has 8 nitrogen and oxygen atoms in total. The molecule has 2 aromatic rings. The fourth-order valence-electron chi connectivity index (χ4n) is 2.22. The fraction of sp³-hybridized carbons (Fsp3) is 0.412. The highest BCUT2D eigenvalue weighted by molar-refractivity contribution is 7.87. The molecule has 0 aliphatic carbocycles. The Hall–Kier alpha value is -2.01. The molecule has 1 amide bonds. The van der Waals surface area contributed by atoms with Gasteiger partial charge in [-0.25, -0.2) is 4.98 Å². The first kappa shape index (κ1) is 21.3. The minimum atomic E-state index is -4.33. The van der Waals surface area contributed by atoms with Crippen LogP contribution in [0.5, 0.6) is 0 Å². The number of aliphatic hydroxyl groups excluding tert-OH is 1. The van der Waals surface area contributed by atoms with Crippen LogP contribution in [-0.4, -0.2) is 29.0 Å². The third kappa shape index (κ3) is 6.58. The van der Waals surface area contributed by atoms with Crippen molar-refractivity contribution in [2.24, 2.45) is 5.41 Å². The van der Waals surface area contributed by atoms with E-state index in [1.54, 1.807) is 17.5 Å². The van der Waals surface area contributed by atoms with Crippen molar-refractivity contribution in [1.29, 1.82) is 0 Å². The molecule has 0 spiro atoms. The zero-order valence-corrected chi connectivity index (χ0v) is 16.9. The van der Waals surface area contributed by atoms with Gasteiger partial charge < -0.3 is 10.4 Å². The van der Waals surface area contributed by atoms with Gasteiger partial charge in [-0.05, 0) is 24.1 Å². The van der Waals surface area contributed by atoms with Crippen molar-refractivity contribution < 1.29 is 22.9 Å². The van der Waals surface area contributed by atoms with E-state index in [2.05, 4.69) is 10.3 Å². The summed E-state index contributed by atoms with van der Waals surface area (Å²) in [6.45, 7) is 5.27. The average molecular weight is 414 g/mol. The molecule has 1 aromatic heterocycles. The first-order valence-electron chi connectivity index (χ1n) is 8.18. The maximum atomic E-state index is 12.4. The Morgan fingerprint density at radius 2 is 1.89 bits per heavy atom. The van der Waals surface area contributed by atoms with Gasteiger partial charge in [0.15, 0.2) is 0 Å². The summed E-state index contributed by atoms with van der Waals surface area (Å²) in [5, 5.41) is 14.6. The van der Waals surface area contributed by atoms with Crippen LogP contribution in [0.1, 0.15) is 43.1 Å². The molecule has 4 N–H and O–H groups in total. The van der Waals surface area contributed by atoms with Gasteiger partial charge in [-0.2, -0.15) is 8.42 Å². The molecule has 0 radical (unpaired) electrons. The van der Waals surface area contributed by atoms with Gasteiger partial charge in [0.25, 0.3) is 0 Å². The summed E-state index contributed by atoms with van der Waals surface area (Å²) >= 11 is 1.35. The Morgan fingerprint density at radius 3 is 2.37 bits per heavy atom. The number of hydrogen-bond donors (Lipinski definition) is 4. The molecular weight excluding hydrogens is 390 g/mol. The maximum absolute atomic E-state index is 12.4. The molecule has 1 unspecified atom stereocenters. The molecule has 1 heterocycles. The second-order valence-corrected chi connectivity index (χ2v) is 9.13. The van der Waals surface area contributed by atoms with Gasteiger partial charge in [0.05, 0.1) is 24.0 Å². The van der Waals surface area contributed by atoms with Gasteiger partial charge in [-0.3, -0.25) is 14.1 Å². The Morgan fingerprint density at radius 1 is 1.26 bits per heavy atom. The van der Waals surface area contributed by atoms with Crippen LogP contribution in [0.25, 0.3) is 0 Å². The van der Waals surface area contributed by atoms with Gasteiger partial charge in [-0.15, -0.1) is 11.3 Å². The van der Waals surface area contributed by atoms with Crippen molar-refractivity contribution in [3.63, 3.8) is 0 Å². The fourth-order valence-corrected chi connectivity index (χ4v) is 3.52. The minimum absolute atomic E-state index is 0.127. The van der Waals surface area contributed by atoms with E-state index >= 15 is 0 Å². The molecular formula is C17H23N3O5S2. The van der Waals surface area contributed by atoms with Crippen molar-refractivity contribution in [3.8, 4) is 0 Å². The van der Waals surface area contributed by atoms with E-state index in [-0.39, 0.29) is 24.2 Å². The molecule has 1 atom stereocenters. The van der Waals surface area contributed by atoms with Crippen LogP contribution in [-0.2, 0) is 28.1 Å². The summed E-state index contributed by atoms with van der Waals surface area (Å²) in [6.07, 6.45) is 0.437. The Labute approximate surface area is 162 Å². The normalized spacial score (nSPS) is 13.2. The SMILES string of the molecule is CC(C)(C)C(=O)NC(Cc1ccc(NS(=O)(=O)O)cc1)c1nc(CO)cs1. The van der Waals surface area contributed by atoms with Crippen LogP contribution in [0.4, 0.5) is 5.69 Å². The second-order valence-electron chi connectivity index (χ2n) is 7.09. The standard InChI is InChI=1S/C17H23N3O5S2/c1-17(2,3)16(22)19-14(15-18-13(9-21)10-26-15)8-11-4-6-12(7-5-11)20-27(23,24)25/h4-7,10,14,20-21H,8-9H2,1-3H3,(H,19,22)(H,23,24,25). The molecule has 0 aliphatic rings. The van der Waals surface area contributed by atoms with E-state index < -0.39 is 15.7 Å². The van der Waals surface area contributed by atoms with Crippen molar-refractivity contribution >= 4 is 33.2 Å². The Bertz CT molecular complexity index is 886. The van der Waals surface area contributed by atoms with E-state index in [9.17, 15) is 18.3 Å². The van der Waals surface area contributed by atoms with Crippen LogP contribution in [0.15, 0.2) is 29.6 Å². The molecule has 0 fully saturated rings. The predicted octanol–water partition coefficient (Wildman–Crippen LogP) is 2.30. The van der Waals surface area contributed by atoms with Crippen LogP contribution >= 0.6 is 11.3 Å². The van der Waals surface area contributed by atoms with E-state index in [4.69, 9.17) is 4.55 Å². The largest absolute Gasteiger partial charge is 0.390 e. The number of thiazole rings is 1. The van der Waals surface area contributed by atoms with E-state index in [1.165, 1.54) is 23.5 Å². The Balaban J connectivity index is 2.21. The topological polar surface area (TPSA) is 129 Å². The number of hydrogen-bond acceptors (Lipinski definition) is 6. The van der Waals surface area contributed by atoms with Crippen molar-refractivity contribution in [1.82, 2.24) is 10.3 Å². The molecule has 0 aliphatic heterocycles. The molecule has 27 heavy (non-hydrogen) atoms. The second kappa shape index (κ2) is 8.34. The number of carbonyl (C=O) groups is 1. The van der Waals surface area contributed by atoms with Crippen molar-refractivity contribution in [2.45, 2.75) is 39.8 Å². The van der Waals surface area contributed by atoms with Crippen LogP contribution < -0.4 is 10.0 Å². The highest BCUT2D eigenvalue weighted by Crippen LogP contribution is 2.25. The van der Waals surface area contributed by atoms with Crippen LogP contribution in [0, 0.1) is 5.41 Å². The molecule has 10 heteroatoms. The van der Waals surface area contributed by atoms with E-state index in [1.807, 2.05) is 25.5 Å². The molecule has 2 rings (SSSR count). The van der Waals surface area contributed by atoms with Gasteiger partial charge in [-0.1, -0.05) is 32.9 Å². The molecule has 0 bridgehead atoms. The third-order valence-electron chi connectivity index (χ3n) is 3.66. The number of rotatable bonds is 7. The summed E-state index contributed by atoms with van der Waals surface area (Å²) < 4.78 is 32.5. The number of aromatic nitrogens is 1. The molecule has 1 aromatic carbocycles. The highest BCUT2D eigenvalue weighted by Gasteiger charge is 2.26. The first-order valence-corrected chi connectivity index (χ1v) is 10.5. The van der Waals surface area contributed by atoms with Crippen molar-refractivity contribution in [2.75, 3.05) is 4.72 Å². The molecule has 148 valence electrons. The molecule has 0 saturated carbocycles. The van der Waals surface area contributed by atoms with Gasteiger partial charge >= 0.3 is 10.3 Å². The zero-order valence-electron chi connectivity index (χ0n) is 15.3. The summed E-state index contributed by atoms with van der Waals surface area (Å²) in [6, 6.07) is 6.05. The number of anilines is 1. The number of nitrogens with one attached hydrogen (secondary N) is 2. The summed E-state index contributed by atoms with van der Waals surface area (Å²) in [5.41, 5.74) is 1.04. The number of amides is 1. The molecule has 0 saturated heterocycles. The van der Waals surface area contributed by atoms with Crippen LogP contribution in [0.2, 0.25) is 0 Å². The third-order valence-corrected chi connectivity index (χ3v) is 5.16.